The van der Waals surface area contributed by atoms with Crippen LogP contribution in [0.25, 0.3) is 0 Å². The third kappa shape index (κ3) is 6.68. The third-order valence-electron chi connectivity index (χ3n) is 4.68. The van der Waals surface area contributed by atoms with Crippen LogP contribution in [0, 0.1) is 11.3 Å². The van der Waals surface area contributed by atoms with Crippen molar-refractivity contribution in [3.8, 4) is 6.07 Å². The predicted octanol–water partition coefficient (Wildman–Crippen LogP) is 0.461. The summed E-state index contributed by atoms with van der Waals surface area (Å²) in [6.45, 7) is 2.61. The molecule has 1 aromatic rings. The monoisotopic (exact) mass is 372 g/mol. The van der Waals surface area contributed by atoms with E-state index in [4.69, 9.17) is 10.2 Å². The number of nitrogens with one attached hydrogen (secondary N) is 1. The van der Waals surface area contributed by atoms with Crippen molar-refractivity contribution in [3.05, 3.63) is 47.7 Å². The molecule has 1 aromatic carbocycles. The minimum atomic E-state index is -0.477. The molecule has 1 aliphatic rings. The lowest BCUT2D eigenvalue weighted by molar-refractivity contribution is -0.127. The highest BCUT2D eigenvalue weighted by Crippen LogP contribution is 2.14. The topological polar surface area (TPSA) is 99.8 Å². The van der Waals surface area contributed by atoms with Crippen molar-refractivity contribution >= 4 is 5.91 Å². The number of benzene rings is 1. The number of aliphatic hydroxyl groups is 2. The molecule has 3 N–H and O–H groups in total. The fourth-order valence-electron chi connectivity index (χ4n) is 3.17. The van der Waals surface area contributed by atoms with Crippen molar-refractivity contribution in [2.45, 2.75) is 25.4 Å². The van der Waals surface area contributed by atoms with E-state index >= 15 is 0 Å². The zero-order chi connectivity index (χ0) is 19.5. The van der Waals surface area contributed by atoms with Crippen molar-refractivity contribution in [2.75, 3.05) is 39.4 Å². The molecule has 1 fully saturated rings. The standard InChI is InChI=1S/C20H28N4O3/c21-14-18(20(27)24(10-12-25)11-13-26)15-22-19-6-8-23(9-7-19)16-17-4-2-1-3-5-17/h1-5,15,19,22,25-26H,6-13,16H2/b18-15-. The predicted molar refractivity (Wildman–Crippen MR) is 102 cm³/mol. The Morgan fingerprint density at radius 3 is 2.41 bits per heavy atom. The lowest BCUT2D eigenvalue weighted by Gasteiger charge is -2.32. The van der Waals surface area contributed by atoms with Gasteiger partial charge in [0.1, 0.15) is 11.6 Å². The number of nitrogens with zero attached hydrogens (tertiary/aromatic N) is 3. The van der Waals surface area contributed by atoms with Gasteiger partial charge in [-0.2, -0.15) is 5.26 Å². The molecule has 1 aliphatic heterocycles. The lowest BCUT2D eigenvalue weighted by Crippen LogP contribution is -2.41. The first-order valence-corrected chi connectivity index (χ1v) is 9.31. The van der Waals surface area contributed by atoms with Crippen LogP contribution in [0.2, 0.25) is 0 Å². The minimum Gasteiger partial charge on any atom is -0.395 e. The van der Waals surface area contributed by atoms with E-state index in [1.54, 1.807) is 0 Å². The Hall–Kier alpha value is -2.40. The summed E-state index contributed by atoms with van der Waals surface area (Å²) in [6, 6.07) is 12.5. The molecule has 27 heavy (non-hydrogen) atoms. The first kappa shape index (κ1) is 20.9. The highest BCUT2D eigenvalue weighted by Gasteiger charge is 2.20. The van der Waals surface area contributed by atoms with E-state index in [0.717, 1.165) is 32.5 Å². The number of rotatable bonds is 9. The van der Waals surface area contributed by atoms with Crippen LogP contribution in [0.4, 0.5) is 0 Å². The lowest BCUT2D eigenvalue weighted by atomic mass is 10.0. The molecule has 146 valence electrons. The maximum absolute atomic E-state index is 12.3. The van der Waals surface area contributed by atoms with Crippen molar-refractivity contribution in [1.82, 2.24) is 15.1 Å². The normalized spacial score (nSPS) is 16.0. The number of nitriles is 1. The van der Waals surface area contributed by atoms with Crippen molar-refractivity contribution in [1.29, 1.82) is 5.26 Å². The molecule has 0 bridgehead atoms. The molecule has 2 rings (SSSR count). The van der Waals surface area contributed by atoms with Gasteiger partial charge in [-0.05, 0) is 18.4 Å². The second-order valence-corrected chi connectivity index (χ2v) is 6.61. The molecule has 0 radical (unpaired) electrons. The van der Waals surface area contributed by atoms with E-state index in [-0.39, 0.29) is 37.9 Å². The summed E-state index contributed by atoms with van der Waals surface area (Å²) in [5.41, 5.74) is 1.29. The zero-order valence-corrected chi connectivity index (χ0v) is 15.5. The van der Waals surface area contributed by atoms with Gasteiger partial charge < -0.3 is 20.4 Å². The van der Waals surface area contributed by atoms with Gasteiger partial charge in [-0.1, -0.05) is 30.3 Å². The van der Waals surface area contributed by atoms with E-state index in [1.165, 1.54) is 16.7 Å². The summed E-state index contributed by atoms with van der Waals surface area (Å²) in [4.78, 5) is 16.0. The van der Waals surface area contributed by atoms with E-state index in [1.807, 2.05) is 24.3 Å². The molecule has 0 unspecified atom stereocenters. The molecule has 7 nitrogen and oxygen atoms in total. The van der Waals surface area contributed by atoms with Crippen LogP contribution >= 0.6 is 0 Å². The number of likely N-dealkylation sites (tertiary alicyclic amines) is 1. The molecule has 0 saturated carbocycles. The number of amides is 1. The van der Waals surface area contributed by atoms with E-state index in [2.05, 4.69) is 22.3 Å². The average Bonchev–Trinajstić information content (AvgIpc) is 2.70. The fourth-order valence-corrected chi connectivity index (χ4v) is 3.17. The number of piperidine rings is 1. The first-order valence-electron chi connectivity index (χ1n) is 9.31. The van der Waals surface area contributed by atoms with Gasteiger partial charge in [0.25, 0.3) is 5.91 Å². The summed E-state index contributed by atoms with van der Waals surface area (Å²) in [6.07, 6.45) is 3.35. The molecule has 7 heteroatoms. The summed E-state index contributed by atoms with van der Waals surface area (Å²) in [5.74, 6) is -0.477. The molecular formula is C20H28N4O3. The Labute approximate surface area is 160 Å². The Bertz CT molecular complexity index is 643. The summed E-state index contributed by atoms with van der Waals surface area (Å²) >= 11 is 0. The molecule has 0 spiro atoms. The van der Waals surface area contributed by atoms with Crippen LogP contribution in [-0.4, -0.2) is 71.4 Å². The van der Waals surface area contributed by atoms with Gasteiger partial charge in [-0.15, -0.1) is 0 Å². The van der Waals surface area contributed by atoms with Crippen LogP contribution in [0.5, 0.6) is 0 Å². The number of hydrogen-bond donors (Lipinski definition) is 3. The fraction of sp³-hybridized carbons (Fsp3) is 0.500. The first-order chi connectivity index (χ1) is 13.2. The zero-order valence-electron chi connectivity index (χ0n) is 15.5. The van der Waals surface area contributed by atoms with E-state index in [9.17, 15) is 10.1 Å². The van der Waals surface area contributed by atoms with Crippen LogP contribution in [0.1, 0.15) is 18.4 Å². The molecule has 0 aliphatic carbocycles. The van der Waals surface area contributed by atoms with Crippen molar-refractivity contribution in [3.63, 3.8) is 0 Å². The Morgan fingerprint density at radius 1 is 1.22 bits per heavy atom. The quantitative estimate of drug-likeness (QED) is 0.430. The maximum Gasteiger partial charge on any atom is 0.266 e. The Balaban J connectivity index is 1.84. The second-order valence-electron chi connectivity index (χ2n) is 6.61. The van der Waals surface area contributed by atoms with Crippen LogP contribution < -0.4 is 5.32 Å². The number of carbonyl (C=O) groups is 1. The van der Waals surface area contributed by atoms with Gasteiger partial charge in [0.2, 0.25) is 0 Å². The largest absolute Gasteiger partial charge is 0.395 e. The Morgan fingerprint density at radius 2 is 1.85 bits per heavy atom. The van der Waals surface area contributed by atoms with Crippen molar-refractivity contribution < 1.29 is 15.0 Å². The van der Waals surface area contributed by atoms with E-state index in [0.29, 0.717) is 0 Å². The average molecular weight is 372 g/mol. The molecule has 0 aromatic heterocycles. The van der Waals surface area contributed by atoms with Gasteiger partial charge in [0.05, 0.1) is 13.2 Å². The summed E-state index contributed by atoms with van der Waals surface area (Å²) < 4.78 is 0. The highest BCUT2D eigenvalue weighted by atomic mass is 16.3. The van der Waals surface area contributed by atoms with Gasteiger partial charge >= 0.3 is 0 Å². The van der Waals surface area contributed by atoms with Crippen LogP contribution in [0.15, 0.2) is 42.1 Å². The molecule has 1 heterocycles. The van der Waals surface area contributed by atoms with E-state index < -0.39 is 5.91 Å². The maximum atomic E-state index is 12.3. The number of carbonyl (C=O) groups excluding carboxylic acids is 1. The summed E-state index contributed by atoms with van der Waals surface area (Å²) in [5, 5.41) is 30.5. The molecule has 1 saturated heterocycles. The minimum absolute atomic E-state index is 0.0105. The molecule has 1 amide bonds. The van der Waals surface area contributed by atoms with Gasteiger partial charge in [-0.3, -0.25) is 9.69 Å². The van der Waals surface area contributed by atoms with Crippen molar-refractivity contribution in [2.24, 2.45) is 0 Å². The number of aliphatic hydroxyl groups excluding tert-OH is 2. The SMILES string of the molecule is N#C/C(=C/NC1CCN(Cc2ccccc2)CC1)C(=O)N(CCO)CCO. The van der Waals surface area contributed by atoms with Crippen LogP contribution in [0.3, 0.4) is 0 Å². The smallest absolute Gasteiger partial charge is 0.266 e. The van der Waals surface area contributed by atoms with Gasteiger partial charge in [0.15, 0.2) is 0 Å². The van der Waals surface area contributed by atoms with Gasteiger partial charge in [0, 0.05) is 45.0 Å². The number of hydrogen-bond acceptors (Lipinski definition) is 6. The van der Waals surface area contributed by atoms with Gasteiger partial charge in [-0.25, -0.2) is 0 Å². The second kappa shape index (κ2) is 11.3. The third-order valence-corrected chi connectivity index (χ3v) is 4.68. The molecule has 0 atom stereocenters. The highest BCUT2D eigenvalue weighted by molar-refractivity contribution is 5.97. The van der Waals surface area contributed by atoms with Crippen LogP contribution in [-0.2, 0) is 11.3 Å². The summed E-state index contributed by atoms with van der Waals surface area (Å²) in [7, 11) is 0. The Kier molecular flexibility index (Phi) is 8.78. The molecular weight excluding hydrogens is 344 g/mol.